The molecule has 6 heteroatoms. The molecule has 1 aromatic heterocycles. The molecule has 0 aliphatic carbocycles. The molecule has 0 unspecified atom stereocenters. The van der Waals surface area contributed by atoms with Crippen LogP contribution in [0, 0.1) is 6.92 Å². The van der Waals surface area contributed by atoms with E-state index in [9.17, 15) is 4.79 Å². The molecule has 1 N–H and O–H groups in total. The highest BCUT2D eigenvalue weighted by molar-refractivity contribution is 7.09. The number of methoxy groups -OCH3 is 1. The summed E-state index contributed by atoms with van der Waals surface area (Å²) >= 11 is 1.57. The number of aromatic nitrogens is 1. The maximum Gasteiger partial charge on any atom is 0.339 e. The van der Waals surface area contributed by atoms with Gasteiger partial charge in [0.1, 0.15) is 5.56 Å². The molecule has 0 aliphatic rings. The monoisotopic (exact) mass is 293 g/mol. The minimum atomic E-state index is -1.03. The zero-order valence-corrected chi connectivity index (χ0v) is 12.1. The first-order valence-corrected chi connectivity index (χ1v) is 6.93. The second-order valence-electron chi connectivity index (χ2n) is 4.10. The molecule has 0 fully saturated rings. The van der Waals surface area contributed by atoms with E-state index in [1.807, 2.05) is 6.92 Å². The van der Waals surface area contributed by atoms with Crippen molar-refractivity contribution in [3.05, 3.63) is 39.8 Å². The minimum absolute atomic E-state index is 0.102. The highest BCUT2D eigenvalue weighted by Gasteiger charge is 2.16. The van der Waals surface area contributed by atoms with E-state index in [0.717, 1.165) is 10.6 Å². The third-order valence-electron chi connectivity index (χ3n) is 2.85. The van der Waals surface area contributed by atoms with Gasteiger partial charge in [-0.25, -0.2) is 9.78 Å². The molecular weight excluding hydrogens is 278 g/mol. The van der Waals surface area contributed by atoms with Crippen LogP contribution in [-0.2, 0) is 6.42 Å². The summed E-state index contributed by atoms with van der Waals surface area (Å²) in [5, 5.41) is 9.17. The summed E-state index contributed by atoms with van der Waals surface area (Å²) < 4.78 is 10.8. The van der Waals surface area contributed by atoms with Gasteiger partial charge in [0.2, 0.25) is 0 Å². The van der Waals surface area contributed by atoms with Gasteiger partial charge >= 0.3 is 5.97 Å². The lowest BCUT2D eigenvalue weighted by Crippen LogP contribution is -2.07. The maximum absolute atomic E-state index is 11.2. The molecule has 0 aliphatic heterocycles. The van der Waals surface area contributed by atoms with Crippen LogP contribution < -0.4 is 9.47 Å². The zero-order valence-electron chi connectivity index (χ0n) is 11.3. The number of benzene rings is 1. The van der Waals surface area contributed by atoms with Gasteiger partial charge in [-0.05, 0) is 19.1 Å². The number of carbonyl (C=O) groups is 1. The molecule has 1 heterocycles. The summed E-state index contributed by atoms with van der Waals surface area (Å²) in [4.78, 5) is 16.5. The number of para-hydroxylation sites is 1. The Kier molecular flexibility index (Phi) is 4.57. The van der Waals surface area contributed by atoms with E-state index in [1.54, 1.807) is 29.0 Å². The van der Waals surface area contributed by atoms with Crippen molar-refractivity contribution in [3.63, 3.8) is 0 Å². The second kappa shape index (κ2) is 6.38. The molecule has 2 rings (SSSR count). The van der Waals surface area contributed by atoms with Crippen molar-refractivity contribution in [1.29, 1.82) is 0 Å². The predicted molar refractivity (Wildman–Crippen MR) is 76.0 cm³/mol. The lowest BCUT2D eigenvalue weighted by atomic mass is 10.2. The number of thiazole rings is 1. The van der Waals surface area contributed by atoms with E-state index in [4.69, 9.17) is 14.6 Å². The van der Waals surface area contributed by atoms with Crippen LogP contribution >= 0.6 is 11.3 Å². The Morgan fingerprint density at radius 3 is 2.85 bits per heavy atom. The van der Waals surface area contributed by atoms with Crippen molar-refractivity contribution < 1.29 is 19.4 Å². The molecule has 5 nitrogen and oxygen atoms in total. The summed E-state index contributed by atoms with van der Waals surface area (Å²) in [6.45, 7) is 2.32. The highest BCUT2D eigenvalue weighted by atomic mass is 32.1. The Morgan fingerprint density at radius 1 is 1.45 bits per heavy atom. The Balaban J connectivity index is 2.12. The number of rotatable bonds is 6. The SMILES string of the molecule is COc1cccc(C(=O)O)c1OCCc1scnc1C. The van der Waals surface area contributed by atoms with Crippen molar-refractivity contribution in [2.75, 3.05) is 13.7 Å². The normalized spacial score (nSPS) is 10.3. The number of carboxylic acids is 1. The van der Waals surface area contributed by atoms with Gasteiger partial charge in [-0.1, -0.05) is 6.07 Å². The Hall–Kier alpha value is -2.08. The lowest BCUT2D eigenvalue weighted by Gasteiger charge is -2.12. The second-order valence-corrected chi connectivity index (χ2v) is 5.04. The van der Waals surface area contributed by atoms with Gasteiger partial charge in [-0.3, -0.25) is 0 Å². The minimum Gasteiger partial charge on any atom is -0.493 e. The average molecular weight is 293 g/mol. The highest BCUT2D eigenvalue weighted by Crippen LogP contribution is 2.31. The van der Waals surface area contributed by atoms with E-state index in [-0.39, 0.29) is 11.3 Å². The largest absolute Gasteiger partial charge is 0.493 e. The van der Waals surface area contributed by atoms with Gasteiger partial charge in [0.05, 0.1) is 24.9 Å². The molecule has 0 saturated heterocycles. The van der Waals surface area contributed by atoms with Crippen LogP contribution in [0.4, 0.5) is 0 Å². The molecule has 20 heavy (non-hydrogen) atoms. The fourth-order valence-corrected chi connectivity index (χ4v) is 2.57. The van der Waals surface area contributed by atoms with Crippen LogP contribution in [0.1, 0.15) is 20.9 Å². The molecular formula is C14H15NO4S. The number of aryl methyl sites for hydroxylation is 1. The van der Waals surface area contributed by atoms with Crippen LogP contribution in [0.5, 0.6) is 11.5 Å². The number of ether oxygens (including phenoxy) is 2. The third kappa shape index (κ3) is 3.08. The quantitative estimate of drug-likeness (QED) is 0.887. The van der Waals surface area contributed by atoms with Crippen LogP contribution in [0.25, 0.3) is 0 Å². The fourth-order valence-electron chi connectivity index (χ4n) is 1.81. The molecule has 106 valence electrons. The fraction of sp³-hybridized carbons (Fsp3) is 0.286. The molecule has 0 bridgehead atoms. The molecule has 1 aromatic carbocycles. The number of hydrogen-bond acceptors (Lipinski definition) is 5. The van der Waals surface area contributed by atoms with Crippen LogP contribution in [0.2, 0.25) is 0 Å². The Morgan fingerprint density at radius 2 is 2.25 bits per heavy atom. The van der Waals surface area contributed by atoms with Gasteiger partial charge in [-0.2, -0.15) is 0 Å². The van der Waals surface area contributed by atoms with Gasteiger partial charge in [0.25, 0.3) is 0 Å². The van der Waals surface area contributed by atoms with E-state index >= 15 is 0 Å². The number of hydrogen-bond donors (Lipinski definition) is 1. The van der Waals surface area contributed by atoms with E-state index in [0.29, 0.717) is 18.8 Å². The predicted octanol–water partition coefficient (Wildman–Crippen LogP) is 2.78. The molecule has 0 saturated carbocycles. The maximum atomic E-state index is 11.2. The van der Waals surface area contributed by atoms with E-state index < -0.39 is 5.97 Å². The Labute approximate surface area is 120 Å². The molecule has 0 spiro atoms. The van der Waals surface area contributed by atoms with Crippen molar-refractivity contribution >= 4 is 17.3 Å². The number of carboxylic acid groups (broad SMARTS) is 1. The van der Waals surface area contributed by atoms with Gasteiger partial charge in [-0.15, -0.1) is 11.3 Å². The summed E-state index contributed by atoms with van der Waals surface area (Å²) in [7, 11) is 1.49. The van der Waals surface area contributed by atoms with E-state index in [2.05, 4.69) is 4.98 Å². The topological polar surface area (TPSA) is 68.7 Å². The number of aromatic carboxylic acids is 1. The summed E-state index contributed by atoms with van der Waals surface area (Å²) in [6.07, 6.45) is 0.688. The van der Waals surface area contributed by atoms with Crippen LogP contribution in [0.3, 0.4) is 0 Å². The van der Waals surface area contributed by atoms with Crippen LogP contribution in [0.15, 0.2) is 23.7 Å². The standard InChI is InChI=1S/C14H15NO4S/c1-9-12(20-8-15-9)6-7-19-13-10(14(16)17)4-3-5-11(13)18-2/h3-5,8H,6-7H2,1-2H3,(H,16,17). The third-order valence-corrected chi connectivity index (χ3v) is 3.84. The molecule has 0 amide bonds. The van der Waals surface area contributed by atoms with E-state index in [1.165, 1.54) is 13.2 Å². The van der Waals surface area contributed by atoms with Crippen LogP contribution in [-0.4, -0.2) is 29.8 Å². The smallest absolute Gasteiger partial charge is 0.339 e. The summed E-state index contributed by atoms with van der Waals surface area (Å²) in [5.74, 6) is -0.344. The van der Waals surface area contributed by atoms with Gasteiger partial charge in [0.15, 0.2) is 11.5 Å². The molecule has 2 aromatic rings. The Bertz CT molecular complexity index is 609. The lowest BCUT2D eigenvalue weighted by molar-refractivity contribution is 0.0691. The summed E-state index contributed by atoms with van der Waals surface area (Å²) in [6, 6.07) is 4.81. The van der Waals surface area contributed by atoms with Gasteiger partial charge < -0.3 is 14.6 Å². The van der Waals surface area contributed by atoms with Crippen molar-refractivity contribution in [2.45, 2.75) is 13.3 Å². The first-order chi connectivity index (χ1) is 9.63. The number of nitrogens with zero attached hydrogens (tertiary/aromatic N) is 1. The first-order valence-electron chi connectivity index (χ1n) is 6.05. The molecule has 0 atom stereocenters. The first kappa shape index (κ1) is 14.3. The van der Waals surface area contributed by atoms with Crippen molar-refractivity contribution in [2.24, 2.45) is 0 Å². The average Bonchev–Trinajstić information content (AvgIpc) is 2.84. The molecule has 0 radical (unpaired) electrons. The van der Waals surface area contributed by atoms with Crippen molar-refractivity contribution in [1.82, 2.24) is 4.98 Å². The zero-order chi connectivity index (χ0) is 14.5. The summed E-state index contributed by atoms with van der Waals surface area (Å²) in [5.41, 5.74) is 2.87. The van der Waals surface area contributed by atoms with Gasteiger partial charge in [0, 0.05) is 11.3 Å². The van der Waals surface area contributed by atoms with Crippen molar-refractivity contribution in [3.8, 4) is 11.5 Å².